The SMILES string of the molecule is O=C(NC[C@@H](c1ccoc1)N1CCSCC1)c1ccc2ncsc2c1. The molecule has 1 N–H and O–H groups in total. The van der Waals surface area contributed by atoms with Crippen LogP contribution < -0.4 is 5.32 Å². The molecule has 1 amide bonds. The molecule has 25 heavy (non-hydrogen) atoms. The highest BCUT2D eigenvalue weighted by molar-refractivity contribution is 7.99. The summed E-state index contributed by atoms with van der Waals surface area (Å²) in [5.41, 5.74) is 4.53. The lowest BCUT2D eigenvalue weighted by molar-refractivity contribution is 0.0935. The van der Waals surface area contributed by atoms with Crippen LogP contribution in [0.1, 0.15) is 22.0 Å². The Balaban J connectivity index is 1.47. The predicted molar refractivity (Wildman–Crippen MR) is 102 cm³/mol. The van der Waals surface area contributed by atoms with Crippen LogP contribution in [-0.4, -0.2) is 46.9 Å². The number of carbonyl (C=O) groups is 1. The molecule has 1 atom stereocenters. The number of rotatable bonds is 5. The Bertz CT molecular complexity index is 841. The van der Waals surface area contributed by atoms with Crippen LogP contribution in [-0.2, 0) is 0 Å². The Hall–Kier alpha value is -1.83. The van der Waals surface area contributed by atoms with E-state index in [1.165, 1.54) is 0 Å². The minimum atomic E-state index is -0.0461. The first kappa shape index (κ1) is 16.6. The van der Waals surface area contributed by atoms with E-state index in [-0.39, 0.29) is 11.9 Å². The van der Waals surface area contributed by atoms with Crippen molar-refractivity contribution in [2.75, 3.05) is 31.1 Å². The molecule has 0 unspecified atom stereocenters. The molecule has 0 radical (unpaired) electrons. The van der Waals surface area contributed by atoms with Gasteiger partial charge in [-0.2, -0.15) is 11.8 Å². The van der Waals surface area contributed by atoms with Gasteiger partial charge < -0.3 is 9.73 Å². The van der Waals surface area contributed by atoms with Gasteiger partial charge >= 0.3 is 0 Å². The first-order valence-corrected chi connectivity index (χ1v) is 10.3. The van der Waals surface area contributed by atoms with Crippen LogP contribution in [0.15, 0.2) is 46.7 Å². The van der Waals surface area contributed by atoms with Crippen LogP contribution >= 0.6 is 23.1 Å². The second-order valence-electron chi connectivity index (χ2n) is 5.97. The predicted octanol–water partition coefficient (Wildman–Crippen LogP) is 3.41. The maximum Gasteiger partial charge on any atom is 0.251 e. The van der Waals surface area contributed by atoms with E-state index >= 15 is 0 Å². The van der Waals surface area contributed by atoms with E-state index in [0.29, 0.717) is 12.1 Å². The Labute approximate surface area is 154 Å². The molecule has 130 valence electrons. The van der Waals surface area contributed by atoms with E-state index < -0.39 is 0 Å². The number of hydrogen-bond donors (Lipinski definition) is 1. The van der Waals surface area contributed by atoms with Gasteiger partial charge in [-0.05, 0) is 24.3 Å². The molecule has 1 aromatic carbocycles. The van der Waals surface area contributed by atoms with Gasteiger partial charge in [-0.1, -0.05) is 0 Å². The van der Waals surface area contributed by atoms with E-state index in [2.05, 4.69) is 15.2 Å². The number of hydrogen-bond acceptors (Lipinski definition) is 6. The van der Waals surface area contributed by atoms with Gasteiger partial charge in [0.15, 0.2) is 0 Å². The number of aromatic nitrogens is 1. The molecule has 0 saturated carbocycles. The zero-order chi connectivity index (χ0) is 17.1. The van der Waals surface area contributed by atoms with Crippen LogP contribution in [0, 0.1) is 0 Å². The maximum absolute atomic E-state index is 12.6. The number of amides is 1. The Kier molecular flexibility index (Phi) is 5.05. The van der Waals surface area contributed by atoms with Gasteiger partial charge in [0.05, 0.1) is 34.3 Å². The number of thiazole rings is 1. The number of fused-ring (bicyclic) bond motifs is 1. The summed E-state index contributed by atoms with van der Waals surface area (Å²) < 4.78 is 6.30. The van der Waals surface area contributed by atoms with Gasteiger partial charge in [0.1, 0.15) is 0 Å². The van der Waals surface area contributed by atoms with Gasteiger partial charge in [0, 0.05) is 42.3 Å². The van der Waals surface area contributed by atoms with Crippen LogP contribution in [0.3, 0.4) is 0 Å². The lowest BCUT2D eigenvalue weighted by atomic mass is 10.1. The highest BCUT2D eigenvalue weighted by Gasteiger charge is 2.24. The minimum Gasteiger partial charge on any atom is -0.472 e. The Morgan fingerprint density at radius 3 is 3.00 bits per heavy atom. The summed E-state index contributed by atoms with van der Waals surface area (Å²) in [7, 11) is 0. The molecule has 3 aromatic rings. The third-order valence-corrected chi connectivity index (χ3v) is 6.20. The smallest absolute Gasteiger partial charge is 0.251 e. The molecule has 1 aliphatic rings. The summed E-state index contributed by atoms with van der Waals surface area (Å²) in [4.78, 5) is 19.3. The lowest BCUT2D eigenvalue weighted by Crippen LogP contribution is -2.41. The van der Waals surface area contributed by atoms with Crippen LogP contribution in [0.2, 0.25) is 0 Å². The number of nitrogens with zero attached hydrogens (tertiary/aromatic N) is 2. The standard InChI is InChI=1S/C18H19N3O2S2/c22-18(13-1-2-15-17(9-13)25-12-20-15)19-10-16(14-3-6-23-11-14)21-4-7-24-8-5-21/h1-3,6,9,11-12,16H,4-5,7-8,10H2,(H,19,22)/t16-/m0/s1. The molecule has 1 saturated heterocycles. The van der Waals surface area contributed by atoms with E-state index in [1.54, 1.807) is 29.4 Å². The highest BCUT2D eigenvalue weighted by Crippen LogP contribution is 2.24. The summed E-state index contributed by atoms with van der Waals surface area (Å²) in [6, 6.07) is 7.78. The van der Waals surface area contributed by atoms with Crippen molar-refractivity contribution in [2.45, 2.75) is 6.04 Å². The Morgan fingerprint density at radius 2 is 2.20 bits per heavy atom. The second kappa shape index (κ2) is 7.59. The lowest BCUT2D eigenvalue weighted by Gasteiger charge is -2.34. The van der Waals surface area contributed by atoms with Crippen molar-refractivity contribution in [1.82, 2.24) is 15.2 Å². The van der Waals surface area contributed by atoms with E-state index in [1.807, 2.05) is 36.0 Å². The topological polar surface area (TPSA) is 58.4 Å². The van der Waals surface area contributed by atoms with Crippen LogP contribution in [0.25, 0.3) is 10.2 Å². The van der Waals surface area contributed by atoms with Crippen molar-refractivity contribution >= 4 is 39.2 Å². The van der Waals surface area contributed by atoms with Gasteiger partial charge in [-0.15, -0.1) is 11.3 Å². The molecule has 4 rings (SSSR count). The van der Waals surface area contributed by atoms with Gasteiger partial charge in [-0.3, -0.25) is 9.69 Å². The molecule has 5 nitrogen and oxygen atoms in total. The fourth-order valence-corrected chi connectivity index (χ4v) is 4.75. The summed E-state index contributed by atoms with van der Waals surface area (Å²) in [6.45, 7) is 2.64. The second-order valence-corrected chi connectivity index (χ2v) is 8.08. The molecule has 3 heterocycles. The average Bonchev–Trinajstić information content (AvgIpc) is 3.34. The van der Waals surface area contributed by atoms with Gasteiger partial charge in [0.25, 0.3) is 5.91 Å². The van der Waals surface area contributed by atoms with Crippen molar-refractivity contribution in [2.24, 2.45) is 0 Å². The Morgan fingerprint density at radius 1 is 1.32 bits per heavy atom. The molecule has 2 aromatic heterocycles. The first-order valence-electron chi connectivity index (χ1n) is 8.26. The summed E-state index contributed by atoms with van der Waals surface area (Å²) >= 11 is 3.53. The van der Waals surface area contributed by atoms with Crippen LogP contribution in [0.5, 0.6) is 0 Å². The number of furan rings is 1. The van der Waals surface area contributed by atoms with Crippen molar-refractivity contribution in [3.63, 3.8) is 0 Å². The molecule has 1 aliphatic heterocycles. The number of thioether (sulfide) groups is 1. The van der Waals surface area contributed by atoms with Gasteiger partial charge in [-0.25, -0.2) is 4.98 Å². The minimum absolute atomic E-state index is 0.0461. The first-order chi connectivity index (χ1) is 12.3. The van der Waals surface area contributed by atoms with Crippen LogP contribution in [0.4, 0.5) is 0 Å². The normalized spacial score (nSPS) is 16.8. The fourth-order valence-electron chi connectivity index (χ4n) is 3.10. The largest absolute Gasteiger partial charge is 0.472 e. The maximum atomic E-state index is 12.6. The molecule has 0 spiro atoms. The zero-order valence-electron chi connectivity index (χ0n) is 13.7. The van der Waals surface area contributed by atoms with Crippen molar-refractivity contribution in [3.8, 4) is 0 Å². The summed E-state index contributed by atoms with van der Waals surface area (Å²) in [5.74, 6) is 2.21. The zero-order valence-corrected chi connectivity index (χ0v) is 15.3. The number of benzene rings is 1. The van der Waals surface area contributed by atoms with Crippen molar-refractivity contribution in [1.29, 1.82) is 0 Å². The molecule has 0 aliphatic carbocycles. The molecular weight excluding hydrogens is 354 g/mol. The van der Waals surface area contributed by atoms with Crippen molar-refractivity contribution < 1.29 is 9.21 Å². The summed E-state index contributed by atoms with van der Waals surface area (Å²) in [6.07, 6.45) is 3.47. The number of nitrogens with one attached hydrogen (secondary N) is 1. The van der Waals surface area contributed by atoms with Gasteiger partial charge in [0.2, 0.25) is 0 Å². The molecule has 1 fully saturated rings. The summed E-state index contributed by atoms with van der Waals surface area (Å²) in [5, 5.41) is 3.10. The van der Waals surface area contributed by atoms with E-state index in [9.17, 15) is 4.79 Å². The van der Waals surface area contributed by atoms with Crippen molar-refractivity contribution in [3.05, 3.63) is 53.4 Å². The third kappa shape index (κ3) is 3.73. The van der Waals surface area contributed by atoms with E-state index in [0.717, 1.165) is 40.4 Å². The average molecular weight is 374 g/mol. The molecular formula is C18H19N3O2S2. The third-order valence-electron chi connectivity index (χ3n) is 4.46. The highest BCUT2D eigenvalue weighted by atomic mass is 32.2. The number of carbonyl (C=O) groups excluding carboxylic acids is 1. The molecule has 0 bridgehead atoms. The van der Waals surface area contributed by atoms with E-state index in [4.69, 9.17) is 4.42 Å². The molecule has 7 heteroatoms. The quantitative estimate of drug-likeness (QED) is 0.743. The monoisotopic (exact) mass is 373 g/mol. The fraction of sp³-hybridized carbons (Fsp3) is 0.333.